The van der Waals surface area contributed by atoms with E-state index in [0.29, 0.717) is 22.1 Å². The van der Waals surface area contributed by atoms with Crippen molar-refractivity contribution in [2.45, 2.75) is 6.42 Å². The van der Waals surface area contributed by atoms with Gasteiger partial charge in [-0.1, -0.05) is 48.5 Å². The van der Waals surface area contributed by atoms with Crippen molar-refractivity contribution in [2.75, 3.05) is 7.11 Å². The van der Waals surface area contributed by atoms with Gasteiger partial charge in [0, 0.05) is 10.8 Å². The summed E-state index contributed by atoms with van der Waals surface area (Å²) in [6.45, 7) is 0. The van der Waals surface area contributed by atoms with Gasteiger partial charge in [0.2, 0.25) is 11.8 Å². The number of carbonyl (C=O) groups is 4. The van der Waals surface area contributed by atoms with Crippen molar-refractivity contribution in [3.05, 3.63) is 100 Å². The van der Waals surface area contributed by atoms with Crippen molar-refractivity contribution in [1.29, 1.82) is 0 Å². The van der Waals surface area contributed by atoms with E-state index in [-0.39, 0.29) is 33.7 Å². The highest BCUT2D eigenvalue weighted by Gasteiger charge is 2.33. The Morgan fingerprint density at radius 1 is 0.659 bits per heavy atom. The summed E-state index contributed by atoms with van der Waals surface area (Å²) in [6.07, 6.45) is 0.129. The van der Waals surface area contributed by atoms with Crippen molar-refractivity contribution < 1.29 is 34.1 Å². The summed E-state index contributed by atoms with van der Waals surface area (Å²) in [5.41, 5.74) is 10.6. The van der Waals surface area contributed by atoms with E-state index in [1.54, 1.807) is 42.5 Å². The minimum atomic E-state index is -1.61. The molecular formula is C32H22N2O7. The molecule has 0 fully saturated rings. The molecule has 0 unspecified atom stereocenters. The van der Waals surface area contributed by atoms with Crippen molar-refractivity contribution in [3.63, 3.8) is 0 Å². The molecule has 0 aliphatic carbocycles. The predicted molar refractivity (Wildman–Crippen MR) is 154 cm³/mol. The van der Waals surface area contributed by atoms with Crippen molar-refractivity contribution >= 4 is 66.8 Å². The summed E-state index contributed by atoms with van der Waals surface area (Å²) in [4.78, 5) is 51.6. The smallest absolute Gasteiger partial charge is 0.337 e. The SMILES string of the molecule is COc1ccc(Cc2cc3c4cccc5cccc(c6c(C(N)=O)c(C(N)=O)c(C(=O)O)c(c2C(=O)O)c36)c54)cc1. The van der Waals surface area contributed by atoms with Gasteiger partial charge in [0.05, 0.1) is 29.4 Å². The lowest BCUT2D eigenvalue weighted by Crippen LogP contribution is -2.25. The number of primary amides is 2. The average molecular weight is 547 g/mol. The van der Waals surface area contributed by atoms with Crippen LogP contribution in [0.25, 0.3) is 43.1 Å². The Hall–Kier alpha value is -5.70. The minimum absolute atomic E-state index is 0.129. The standard InChI is InChI=1S/C32H22N2O7/c1-41-17-10-8-14(9-11-17)12-16-13-20-18-6-2-4-15-5-3-7-19(21(15)18)23-24(20)25(22(16)31(37)38)28(32(39)40)27(30(34)36)26(23)29(33)35/h2-11,13H,12H2,1H3,(H2,33,35)(H2,34,36)(H,37,38)(H,39,40). The van der Waals surface area contributed by atoms with Gasteiger partial charge < -0.3 is 26.4 Å². The number of amides is 2. The van der Waals surface area contributed by atoms with Crippen LogP contribution in [0.1, 0.15) is 52.6 Å². The molecule has 2 amide bonds. The van der Waals surface area contributed by atoms with Crippen LogP contribution in [0.2, 0.25) is 0 Å². The fourth-order valence-corrected chi connectivity index (χ4v) is 6.06. The third-order valence-corrected chi connectivity index (χ3v) is 7.60. The van der Waals surface area contributed by atoms with Crippen LogP contribution in [0.4, 0.5) is 0 Å². The van der Waals surface area contributed by atoms with E-state index in [1.807, 2.05) is 24.3 Å². The minimum Gasteiger partial charge on any atom is -0.497 e. The number of hydrogen-bond donors (Lipinski definition) is 4. The molecule has 0 saturated heterocycles. The summed E-state index contributed by atoms with van der Waals surface area (Å²) in [6, 6.07) is 19.7. The number of hydrogen-bond acceptors (Lipinski definition) is 5. The molecule has 0 aromatic heterocycles. The van der Waals surface area contributed by atoms with Crippen molar-refractivity contribution in [2.24, 2.45) is 11.5 Å². The Bertz CT molecular complexity index is 2110. The van der Waals surface area contributed by atoms with Crippen LogP contribution in [-0.4, -0.2) is 41.1 Å². The van der Waals surface area contributed by atoms with E-state index in [0.717, 1.165) is 21.7 Å². The number of benzene rings is 6. The summed E-state index contributed by atoms with van der Waals surface area (Å²) in [5.74, 6) is -4.65. The van der Waals surface area contributed by atoms with Crippen molar-refractivity contribution in [1.82, 2.24) is 0 Å². The molecule has 6 N–H and O–H groups in total. The Kier molecular flexibility index (Phi) is 5.74. The van der Waals surface area contributed by atoms with Gasteiger partial charge in [-0.3, -0.25) is 9.59 Å². The third-order valence-electron chi connectivity index (χ3n) is 7.60. The lowest BCUT2D eigenvalue weighted by Gasteiger charge is -2.23. The first kappa shape index (κ1) is 25.6. The van der Waals surface area contributed by atoms with E-state index in [2.05, 4.69) is 0 Å². The molecule has 9 heteroatoms. The van der Waals surface area contributed by atoms with Gasteiger partial charge in [0.15, 0.2) is 0 Å². The first-order chi connectivity index (χ1) is 19.6. The molecule has 0 atom stereocenters. The average Bonchev–Trinajstić information content (AvgIpc) is 2.94. The van der Waals surface area contributed by atoms with Crippen LogP contribution in [0, 0.1) is 0 Å². The summed E-state index contributed by atoms with van der Waals surface area (Å²) in [7, 11) is 1.53. The summed E-state index contributed by atoms with van der Waals surface area (Å²) < 4.78 is 5.23. The molecular weight excluding hydrogens is 524 g/mol. The number of carbonyl (C=O) groups excluding carboxylic acids is 2. The zero-order chi connectivity index (χ0) is 29.2. The quantitative estimate of drug-likeness (QED) is 0.162. The molecule has 6 aromatic rings. The molecule has 0 saturated carbocycles. The van der Waals surface area contributed by atoms with Crippen LogP contribution >= 0.6 is 0 Å². The fraction of sp³-hybridized carbons (Fsp3) is 0.0625. The van der Waals surface area contributed by atoms with Gasteiger partial charge in [-0.05, 0) is 68.1 Å². The van der Waals surface area contributed by atoms with E-state index in [9.17, 15) is 29.4 Å². The second-order valence-corrected chi connectivity index (χ2v) is 9.78. The molecule has 41 heavy (non-hydrogen) atoms. The zero-order valence-electron chi connectivity index (χ0n) is 21.6. The number of nitrogens with two attached hydrogens (primary N) is 2. The topological polar surface area (TPSA) is 170 Å². The Morgan fingerprint density at radius 3 is 1.83 bits per heavy atom. The maximum Gasteiger partial charge on any atom is 0.337 e. The number of aromatic carboxylic acids is 2. The van der Waals surface area contributed by atoms with Gasteiger partial charge in [0.25, 0.3) is 0 Å². The highest BCUT2D eigenvalue weighted by atomic mass is 16.5. The molecule has 0 heterocycles. The lowest BCUT2D eigenvalue weighted by molar-refractivity contribution is 0.0693. The highest BCUT2D eigenvalue weighted by molar-refractivity contribution is 6.40. The first-order valence-electron chi connectivity index (χ1n) is 12.5. The number of ether oxygens (including phenoxy) is 1. The number of rotatable bonds is 7. The second-order valence-electron chi connectivity index (χ2n) is 9.78. The van der Waals surface area contributed by atoms with Crippen LogP contribution in [0.3, 0.4) is 0 Å². The number of fused-ring (bicyclic) bond motifs is 2. The first-order valence-corrected chi connectivity index (χ1v) is 12.5. The zero-order valence-corrected chi connectivity index (χ0v) is 21.6. The maximum atomic E-state index is 13.0. The number of carboxylic acid groups (broad SMARTS) is 2. The van der Waals surface area contributed by atoms with Gasteiger partial charge in [-0.25, -0.2) is 9.59 Å². The van der Waals surface area contributed by atoms with Gasteiger partial charge >= 0.3 is 11.9 Å². The molecule has 9 nitrogen and oxygen atoms in total. The van der Waals surface area contributed by atoms with Crippen LogP contribution < -0.4 is 16.2 Å². The normalized spacial score (nSPS) is 11.4. The monoisotopic (exact) mass is 546 g/mol. The molecule has 202 valence electrons. The van der Waals surface area contributed by atoms with Gasteiger partial charge in [0.1, 0.15) is 5.75 Å². The number of carboxylic acids is 2. The molecule has 0 spiro atoms. The van der Waals surface area contributed by atoms with Gasteiger partial charge in [-0.2, -0.15) is 0 Å². The van der Waals surface area contributed by atoms with Crippen LogP contribution in [0.15, 0.2) is 66.7 Å². The summed E-state index contributed by atoms with van der Waals surface area (Å²) in [5, 5.41) is 24.5. The second kappa shape index (κ2) is 9.20. The van der Waals surface area contributed by atoms with Crippen LogP contribution in [0.5, 0.6) is 5.75 Å². The number of methoxy groups -OCH3 is 1. The molecule has 0 bridgehead atoms. The van der Waals surface area contributed by atoms with Crippen LogP contribution in [-0.2, 0) is 6.42 Å². The summed E-state index contributed by atoms with van der Waals surface area (Å²) >= 11 is 0. The molecule has 0 radical (unpaired) electrons. The molecule has 6 aromatic carbocycles. The van der Waals surface area contributed by atoms with E-state index in [4.69, 9.17) is 16.2 Å². The Morgan fingerprint density at radius 2 is 1.27 bits per heavy atom. The van der Waals surface area contributed by atoms with E-state index < -0.39 is 34.9 Å². The molecule has 6 rings (SSSR count). The Labute approximate surface area is 231 Å². The van der Waals surface area contributed by atoms with Crippen molar-refractivity contribution in [3.8, 4) is 5.75 Å². The third kappa shape index (κ3) is 3.70. The predicted octanol–water partition coefficient (Wildman–Crippen LogP) is 4.93. The highest BCUT2D eigenvalue weighted by Crippen LogP contribution is 2.46. The maximum absolute atomic E-state index is 13.0. The molecule has 0 aliphatic heterocycles. The lowest BCUT2D eigenvalue weighted by atomic mass is 9.79. The Balaban J connectivity index is 1.95. The van der Waals surface area contributed by atoms with Gasteiger partial charge in [-0.15, -0.1) is 0 Å². The van der Waals surface area contributed by atoms with E-state index in [1.165, 1.54) is 7.11 Å². The molecule has 0 aliphatic rings. The van der Waals surface area contributed by atoms with E-state index >= 15 is 0 Å². The largest absolute Gasteiger partial charge is 0.497 e. The fourth-order valence-electron chi connectivity index (χ4n) is 6.06.